The summed E-state index contributed by atoms with van der Waals surface area (Å²) < 4.78 is 16.2. The van der Waals surface area contributed by atoms with Crippen molar-refractivity contribution in [1.29, 1.82) is 0 Å². The van der Waals surface area contributed by atoms with Crippen LogP contribution in [0.5, 0.6) is 11.5 Å². The van der Waals surface area contributed by atoms with E-state index in [1.165, 1.54) is 13.2 Å². The van der Waals surface area contributed by atoms with E-state index < -0.39 is 4.92 Å². The molecular formula is C16H25NO5S. The molecule has 0 saturated carbocycles. The van der Waals surface area contributed by atoms with Crippen molar-refractivity contribution >= 4 is 18.3 Å². The Kier molecular flexibility index (Phi) is 9.47. The van der Waals surface area contributed by atoms with E-state index in [4.69, 9.17) is 14.2 Å². The Labute approximate surface area is 142 Å². The summed E-state index contributed by atoms with van der Waals surface area (Å²) >= 11 is 4.17. The van der Waals surface area contributed by atoms with Gasteiger partial charge in [0, 0.05) is 6.61 Å². The summed E-state index contributed by atoms with van der Waals surface area (Å²) in [5.74, 6) is 1.75. The topological polar surface area (TPSA) is 70.8 Å². The molecule has 1 aromatic rings. The molecule has 0 atom stereocenters. The molecule has 130 valence electrons. The minimum Gasteiger partial charge on any atom is -0.493 e. The van der Waals surface area contributed by atoms with Gasteiger partial charge in [0.25, 0.3) is 5.69 Å². The van der Waals surface area contributed by atoms with Crippen molar-refractivity contribution < 1.29 is 19.1 Å². The van der Waals surface area contributed by atoms with Gasteiger partial charge >= 0.3 is 0 Å². The number of hydrogen-bond donors (Lipinski definition) is 1. The standard InChI is InChI=1S/C16H25NO5S/c1-3-22-16-11-14(17(18)19)13(10-15(16)20-2)12-21-8-6-4-5-7-9-23/h10-11,23H,3-9,12H2,1-2H3. The highest BCUT2D eigenvalue weighted by atomic mass is 32.1. The third-order valence-corrected chi connectivity index (χ3v) is 3.63. The van der Waals surface area contributed by atoms with E-state index in [9.17, 15) is 10.1 Å². The van der Waals surface area contributed by atoms with Gasteiger partial charge in [-0.3, -0.25) is 10.1 Å². The predicted octanol–water partition coefficient (Wildman–Crippen LogP) is 4.01. The summed E-state index contributed by atoms with van der Waals surface area (Å²) in [6.45, 7) is 3.00. The van der Waals surface area contributed by atoms with Crippen LogP contribution in [-0.2, 0) is 11.3 Å². The second-order valence-corrected chi connectivity index (χ2v) is 5.46. The van der Waals surface area contributed by atoms with Gasteiger partial charge in [-0.15, -0.1) is 0 Å². The van der Waals surface area contributed by atoms with E-state index in [0.717, 1.165) is 31.4 Å². The molecule has 0 aliphatic rings. The Bertz CT molecular complexity index is 496. The minimum atomic E-state index is -0.423. The number of unbranched alkanes of at least 4 members (excludes halogenated alkanes) is 3. The van der Waals surface area contributed by atoms with Crippen LogP contribution in [0, 0.1) is 10.1 Å². The number of methoxy groups -OCH3 is 1. The summed E-state index contributed by atoms with van der Waals surface area (Å²) in [6, 6.07) is 3.01. The molecule has 0 saturated heterocycles. The zero-order chi connectivity index (χ0) is 17.1. The van der Waals surface area contributed by atoms with Gasteiger partial charge in [-0.2, -0.15) is 12.6 Å². The van der Waals surface area contributed by atoms with Crippen LogP contribution in [0.1, 0.15) is 38.2 Å². The van der Waals surface area contributed by atoms with Crippen molar-refractivity contribution in [1.82, 2.24) is 0 Å². The maximum atomic E-state index is 11.2. The normalized spacial score (nSPS) is 10.6. The van der Waals surface area contributed by atoms with Crippen molar-refractivity contribution in [3.8, 4) is 11.5 Å². The van der Waals surface area contributed by atoms with Crippen LogP contribution in [0.2, 0.25) is 0 Å². The van der Waals surface area contributed by atoms with Crippen molar-refractivity contribution in [2.75, 3.05) is 26.1 Å². The molecule has 0 amide bonds. The van der Waals surface area contributed by atoms with Gasteiger partial charge < -0.3 is 14.2 Å². The summed E-state index contributed by atoms with van der Waals surface area (Å²) in [4.78, 5) is 10.8. The maximum Gasteiger partial charge on any atom is 0.278 e. The molecule has 23 heavy (non-hydrogen) atoms. The quantitative estimate of drug-likeness (QED) is 0.269. The predicted molar refractivity (Wildman–Crippen MR) is 92.8 cm³/mol. The third-order valence-electron chi connectivity index (χ3n) is 3.32. The Morgan fingerprint density at radius 3 is 2.52 bits per heavy atom. The first-order chi connectivity index (χ1) is 11.1. The van der Waals surface area contributed by atoms with Crippen molar-refractivity contribution in [2.45, 2.75) is 39.2 Å². The molecule has 0 aromatic heterocycles. The first-order valence-electron chi connectivity index (χ1n) is 7.80. The molecule has 0 aliphatic heterocycles. The van der Waals surface area contributed by atoms with Crippen molar-refractivity contribution in [3.63, 3.8) is 0 Å². The van der Waals surface area contributed by atoms with E-state index in [1.54, 1.807) is 6.07 Å². The zero-order valence-corrected chi connectivity index (χ0v) is 14.6. The molecule has 0 bridgehead atoms. The average molecular weight is 343 g/mol. The van der Waals surface area contributed by atoms with Gasteiger partial charge in [0.1, 0.15) is 0 Å². The summed E-state index contributed by atoms with van der Waals surface area (Å²) in [5, 5.41) is 11.2. The van der Waals surface area contributed by atoms with Gasteiger partial charge in [0.2, 0.25) is 0 Å². The third kappa shape index (κ3) is 6.66. The van der Waals surface area contributed by atoms with Crippen LogP contribution in [0.3, 0.4) is 0 Å². The van der Waals surface area contributed by atoms with Gasteiger partial charge in [-0.05, 0) is 31.6 Å². The lowest BCUT2D eigenvalue weighted by molar-refractivity contribution is -0.386. The highest BCUT2D eigenvalue weighted by molar-refractivity contribution is 7.80. The molecule has 1 aromatic carbocycles. The summed E-state index contributed by atoms with van der Waals surface area (Å²) in [6.07, 6.45) is 4.25. The second kappa shape index (κ2) is 11.1. The molecule has 0 unspecified atom stereocenters. The van der Waals surface area contributed by atoms with Gasteiger partial charge in [-0.1, -0.05) is 12.8 Å². The number of nitro benzene ring substituents is 1. The first kappa shape index (κ1) is 19.6. The average Bonchev–Trinajstić information content (AvgIpc) is 2.54. The van der Waals surface area contributed by atoms with E-state index >= 15 is 0 Å². The summed E-state index contributed by atoms with van der Waals surface area (Å²) in [5.41, 5.74) is 0.481. The lowest BCUT2D eigenvalue weighted by Crippen LogP contribution is -2.03. The van der Waals surface area contributed by atoms with Crippen LogP contribution in [-0.4, -0.2) is 31.0 Å². The number of nitrogens with zero attached hydrogens (tertiary/aromatic N) is 1. The molecule has 0 heterocycles. The van der Waals surface area contributed by atoms with E-state index in [1.807, 2.05) is 6.92 Å². The van der Waals surface area contributed by atoms with Gasteiger partial charge in [0.15, 0.2) is 11.5 Å². The fourth-order valence-electron chi connectivity index (χ4n) is 2.16. The number of nitro groups is 1. The SMILES string of the molecule is CCOc1cc([N+](=O)[O-])c(COCCCCCCS)cc1OC. The molecule has 0 aliphatic carbocycles. The number of hydrogen-bond acceptors (Lipinski definition) is 6. The Morgan fingerprint density at radius 2 is 1.91 bits per heavy atom. The molecule has 0 spiro atoms. The van der Waals surface area contributed by atoms with Crippen LogP contribution in [0.25, 0.3) is 0 Å². The van der Waals surface area contributed by atoms with E-state index in [0.29, 0.717) is 30.3 Å². The molecule has 0 fully saturated rings. The molecular weight excluding hydrogens is 318 g/mol. The van der Waals surface area contributed by atoms with Crippen molar-refractivity contribution in [2.24, 2.45) is 0 Å². The Morgan fingerprint density at radius 1 is 1.17 bits per heavy atom. The number of thiol groups is 1. The second-order valence-electron chi connectivity index (χ2n) is 5.01. The van der Waals surface area contributed by atoms with Crippen molar-refractivity contribution in [3.05, 3.63) is 27.8 Å². The monoisotopic (exact) mass is 343 g/mol. The van der Waals surface area contributed by atoms with Crippen LogP contribution in [0.15, 0.2) is 12.1 Å². The highest BCUT2D eigenvalue weighted by Crippen LogP contribution is 2.35. The minimum absolute atomic E-state index is 0.00989. The van der Waals surface area contributed by atoms with Gasteiger partial charge in [0.05, 0.1) is 36.9 Å². The molecule has 6 nitrogen and oxygen atoms in total. The fraction of sp³-hybridized carbons (Fsp3) is 0.625. The highest BCUT2D eigenvalue weighted by Gasteiger charge is 2.19. The Balaban J connectivity index is 2.67. The lowest BCUT2D eigenvalue weighted by Gasteiger charge is -2.12. The smallest absolute Gasteiger partial charge is 0.278 e. The maximum absolute atomic E-state index is 11.2. The van der Waals surface area contributed by atoms with Crippen LogP contribution < -0.4 is 9.47 Å². The first-order valence-corrected chi connectivity index (χ1v) is 8.44. The fourth-order valence-corrected chi connectivity index (χ4v) is 2.38. The lowest BCUT2D eigenvalue weighted by atomic mass is 10.1. The number of ether oxygens (including phenoxy) is 3. The molecule has 0 N–H and O–H groups in total. The molecule has 7 heteroatoms. The molecule has 0 radical (unpaired) electrons. The van der Waals surface area contributed by atoms with Gasteiger partial charge in [-0.25, -0.2) is 0 Å². The number of rotatable bonds is 12. The van der Waals surface area contributed by atoms with Crippen LogP contribution in [0.4, 0.5) is 5.69 Å². The molecule has 1 rings (SSSR count). The summed E-state index contributed by atoms with van der Waals surface area (Å²) in [7, 11) is 1.51. The van der Waals surface area contributed by atoms with E-state index in [-0.39, 0.29) is 12.3 Å². The van der Waals surface area contributed by atoms with E-state index in [2.05, 4.69) is 12.6 Å². The zero-order valence-electron chi connectivity index (χ0n) is 13.7. The Hall–Kier alpha value is -1.47. The largest absolute Gasteiger partial charge is 0.493 e. The van der Waals surface area contributed by atoms with Crippen LogP contribution >= 0.6 is 12.6 Å². The number of benzene rings is 1.